The monoisotopic (exact) mass is 208 g/mol. The van der Waals surface area contributed by atoms with E-state index in [1.807, 2.05) is 13.8 Å². The zero-order chi connectivity index (χ0) is 10.1. The van der Waals surface area contributed by atoms with E-state index in [-0.39, 0.29) is 17.5 Å². The number of hydrogen-bond acceptors (Lipinski definition) is 4. The van der Waals surface area contributed by atoms with Crippen LogP contribution in [-0.2, 0) is 19.0 Å². The highest BCUT2D eigenvalue weighted by Crippen LogP contribution is 2.27. The summed E-state index contributed by atoms with van der Waals surface area (Å²) in [5, 5.41) is 0. The molecule has 1 fully saturated rings. The Morgan fingerprint density at radius 2 is 2.15 bits per heavy atom. The van der Waals surface area contributed by atoms with Gasteiger partial charge < -0.3 is 4.74 Å². The van der Waals surface area contributed by atoms with Gasteiger partial charge in [0.15, 0.2) is 0 Å². The Labute approximate surface area is 79.3 Å². The molecule has 0 aromatic heterocycles. The summed E-state index contributed by atoms with van der Waals surface area (Å²) < 4.78 is 32.5. The molecule has 0 aromatic carbocycles. The lowest BCUT2D eigenvalue weighted by Crippen LogP contribution is -2.22. The fourth-order valence-corrected chi connectivity index (χ4v) is 2.00. The summed E-state index contributed by atoms with van der Waals surface area (Å²) in [5.41, 5.74) is -0.256. The predicted octanol–water partition coefficient (Wildman–Crippen LogP) is 0.920. The fraction of sp³-hybridized carbons (Fsp3) is 1.00. The first-order valence-electron chi connectivity index (χ1n) is 4.39. The molecule has 1 heterocycles. The summed E-state index contributed by atoms with van der Waals surface area (Å²) in [5.74, 6) is 0.0178. The standard InChI is InChI=1S/C8H16O4S/c1-4-13(9,10)12-7-5-8(2,3)11-6-7/h7H,4-6H2,1-3H3. The van der Waals surface area contributed by atoms with Crippen molar-refractivity contribution in [2.75, 3.05) is 12.4 Å². The first-order chi connectivity index (χ1) is 5.85. The van der Waals surface area contributed by atoms with Crippen molar-refractivity contribution in [1.82, 2.24) is 0 Å². The Kier molecular flexibility index (Phi) is 2.99. The molecular weight excluding hydrogens is 192 g/mol. The lowest BCUT2D eigenvalue weighted by molar-refractivity contribution is 0.0322. The van der Waals surface area contributed by atoms with Gasteiger partial charge in [-0.1, -0.05) is 0 Å². The van der Waals surface area contributed by atoms with Crippen molar-refractivity contribution in [1.29, 1.82) is 0 Å². The first-order valence-corrected chi connectivity index (χ1v) is 5.97. The predicted molar refractivity (Wildman–Crippen MR) is 49.0 cm³/mol. The van der Waals surface area contributed by atoms with E-state index in [9.17, 15) is 8.42 Å². The van der Waals surface area contributed by atoms with Gasteiger partial charge in [-0.2, -0.15) is 8.42 Å². The number of hydrogen-bond donors (Lipinski definition) is 0. The quantitative estimate of drug-likeness (QED) is 0.647. The summed E-state index contributed by atoms with van der Waals surface area (Å²) in [6.45, 7) is 5.78. The molecule has 1 aliphatic heterocycles. The maximum atomic E-state index is 11.1. The number of rotatable bonds is 3. The molecule has 0 aromatic rings. The zero-order valence-corrected chi connectivity index (χ0v) is 9.06. The van der Waals surface area contributed by atoms with Crippen LogP contribution in [0.5, 0.6) is 0 Å². The molecule has 4 nitrogen and oxygen atoms in total. The second-order valence-corrected chi connectivity index (χ2v) is 5.72. The minimum absolute atomic E-state index is 0.0178. The van der Waals surface area contributed by atoms with Crippen molar-refractivity contribution < 1.29 is 17.3 Å². The van der Waals surface area contributed by atoms with Crippen molar-refractivity contribution >= 4 is 10.1 Å². The highest BCUT2D eigenvalue weighted by molar-refractivity contribution is 7.86. The van der Waals surface area contributed by atoms with E-state index in [1.165, 1.54) is 0 Å². The van der Waals surface area contributed by atoms with Crippen LogP contribution in [-0.4, -0.2) is 32.5 Å². The van der Waals surface area contributed by atoms with Crippen molar-refractivity contribution in [3.63, 3.8) is 0 Å². The third-order valence-corrected chi connectivity index (χ3v) is 3.29. The Morgan fingerprint density at radius 3 is 2.54 bits per heavy atom. The summed E-state index contributed by atoms with van der Waals surface area (Å²) in [4.78, 5) is 0. The average molecular weight is 208 g/mol. The summed E-state index contributed by atoms with van der Waals surface area (Å²) in [7, 11) is -3.33. The second-order valence-electron chi connectivity index (χ2n) is 3.84. The summed E-state index contributed by atoms with van der Waals surface area (Å²) in [6, 6.07) is 0. The summed E-state index contributed by atoms with van der Waals surface area (Å²) >= 11 is 0. The van der Waals surface area contributed by atoms with E-state index in [4.69, 9.17) is 8.92 Å². The van der Waals surface area contributed by atoms with Crippen molar-refractivity contribution in [3.8, 4) is 0 Å². The highest BCUT2D eigenvalue weighted by atomic mass is 32.2. The Bertz CT molecular complexity index is 268. The molecule has 13 heavy (non-hydrogen) atoms. The van der Waals surface area contributed by atoms with Crippen LogP contribution in [0.15, 0.2) is 0 Å². The van der Waals surface area contributed by atoms with E-state index in [0.29, 0.717) is 13.0 Å². The van der Waals surface area contributed by atoms with Crippen molar-refractivity contribution in [2.45, 2.75) is 38.9 Å². The Hall–Kier alpha value is -0.130. The van der Waals surface area contributed by atoms with Crippen LogP contribution in [0.25, 0.3) is 0 Å². The third kappa shape index (κ3) is 3.25. The van der Waals surface area contributed by atoms with Gasteiger partial charge in [-0.15, -0.1) is 0 Å². The molecule has 0 bridgehead atoms. The van der Waals surface area contributed by atoms with E-state index >= 15 is 0 Å². The Morgan fingerprint density at radius 1 is 1.54 bits per heavy atom. The third-order valence-electron chi connectivity index (χ3n) is 2.02. The van der Waals surface area contributed by atoms with Crippen LogP contribution in [0.4, 0.5) is 0 Å². The van der Waals surface area contributed by atoms with Crippen LogP contribution in [0.3, 0.4) is 0 Å². The lowest BCUT2D eigenvalue weighted by Gasteiger charge is -2.15. The molecule has 5 heteroatoms. The van der Waals surface area contributed by atoms with Crippen LogP contribution >= 0.6 is 0 Å². The van der Waals surface area contributed by atoms with E-state index in [1.54, 1.807) is 6.92 Å². The molecule has 0 saturated carbocycles. The van der Waals surface area contributed by atoms with E-state index in [2.05, 4.69) is 0 Å². The molecule has 0 N–H and O–H groups in total. The van der Waals surface area contributed by atoms with Crippen LogP contribution in [0, 0.1) is 0 Å². The molecule has 1 unspecified atom stereocenters. The van der Waals surface area contributed by atoms with Crippen LogP contribution < -0.4 is 0 Å². The van der Waals surface area contributed by atoms with Gasteiger partial charge in [0, 0.05) is 6.42 Å². The Balaban J connectivity index is 2.50. The lowest BCUT2D eigenvalue weighted by atomic mass is 10.1. The van der Waals surface area contributed by atoms with Gasteiger partial charge in [0.1, 0.15) is 6.10 Å². The second kappa shape index (κ2) is 3.55. The molecular formula is C8H16O4S. The van der Waals surface area contributed by atoms with Gasteiger partial charge >= 0.3 is 0 Å². The van der Waals surface area contributed by atoms with E-state index in [0.717, 1.165) is 0 Å². The highest BCUT2D eigenvalue weighted by Gasteiger charge is 2.34. The van der Waals surface area contributed by atoms with Gasteiger partial charge in [0.25, 0.3) is 10.1 Å². The van der Waals surface area contributed by atoms with Gasteiger partial charge in [-0.3, -0.25) is 4.18 Å². The molecule has 1 rings (SSSR count). The molecule has 0 radical (unpaired) electrons. The molecule has 1 aliphatic rings. The van der Waals surface area contributed by atoms with Crippen molar-refractivity contribution in [2.24, 2.45) is 0 Å². The van der Waals surface area contributed by atoms with E-state index < -0.39 is 10.1 Å². The van der Waals surface area contributed by atoms with Crippen LogP contribution in [0.2, 0.25) is 0 Å². The molecule has 78 valence electrons. The minimum Gasteiger partial charge on any atom is -0.373 e. The zero-order valence-electron chi connectivity index (χ0n) is 8.24. The normalized spacial score (nSPS) is 27.8. The van der Waals surface area contributed by atoms with Gasteiger partial charge in [-0.25, -0.2) is 0 Å². The van der Waals surface area contributed by atoms with Gasteiger partial charge in [0.2, 0.25) is 0 Å². The van der Waals surface area contributed by atoms with Crippen LogP contribution in [0.1, 0.15) is 27.2 Å². The molecule has 1 saturated heterocycles. The number of ether oxygens (including phenoxy) is 1. The first kappa shape index (κ1) is 10.9. The fourth-order valence-electron chi connectivity index (χ4n) is 1.32. The van der Waals surface area contributed by atoms with Gasteiger partial charge in [-0.05, 0) is 20.8 Å². The smallest absolute Gasteiger partial charge is 0.267 e. The maximum Gasteiger partial charge on any atom is 0.267 e. The topological polar surface area (TPSA) is 52.6 Å². The molecule has 1 atom stereocenters. The largest absolute Gasteiger partial charge is 0.373 e. The average Bonchev–Trinajstić information content (AvgIpc) is 2.29. The molecule has 0 amide bonds. The SMILES string of the molecule is CCS(=O)(=O)OC1COC(C)(C)C1. The van der Waals surface area contributed by atoms with Crippen molar-refractivity contribution in [3.05, 3.63) is 0 Å². The minimum atomic E-state index is -3.33. The summed E-state index contributed by atoms with van der Waals surface area (Å²) in [6.07, 6.45) is 0.326. The van der Waals surface area contributed by atoms with Gasteiger partial charge in [0.05, 0.1) is 18.0 Å². The maximum absolute atomic E-state index is 11.1. The molecule has 0 aliphatic carbocycles. The molecule has 0 spiro atoms.